The first-order chi connectivity index (χ1) is 10.6. The normalized spacial score (nSPS) is 14.2. The summed E-state index contributed by atoms with van der Waals surface area (Å²) in [6, 6.07) is 4.99. The molecule has 0 aromatic heterocycles. The van der Waals surface area contributed by atoms with Crippen molar-refractivity contribution < 1.29 is 33.3 Å². The number of thioether (sulfide) groups is 1. The Kier molecular flexibility index (Phi) is 7.16. The van der Waals surface area contributed by atoms with Gasteiger partial charge in [-0.15, -0.1) is 0 Å². The van der Waals surface area contributed by atoms with E-state index in [1.54, 1.807) is 0 Å². The van der Waals surface area contributed by atoms with Crippen LogP contribution in [0.1, 0.15) is 18.6 Å². The first-order valence-corrected chi connectivity index (χ1v) is 8.91. The number of nitrogens with one attached hydrogen (secondary N) is 1. The summed E-state index contributed by atoms with van der Waals surface area (Å²) in [5.74, 6) is -1.30. The quantitative estimate of drug-likeness (QED) is 0.494. The molecular weight excluding hydrogens is 346 g/mol. The van der Waals surface area contributed by atoms with Gasteiger partial charge in [0.15, 0.2) is 5.12 Å². The van der Waals surface area contributed by atoms with Crippen molar-refractivity contribution >= 4 is 32.9 Å². The zero-order valence-corrected chi connectivity index (χ0v) is 13.8. The molecule has 1 aromatic rings. The van der Waals surface area contributed by atoms with Crippen LogP contribution in [0.25, 0.3) is 0 Å². The molecule has 0 aliphatic rings. The van der Waals surface area contributed by atoms with Crippen molar-refractivity contribution in [3.63, 3.8) is 0 Å². The Morgan fingerprint density at radius 3 is 2.26 bits per heavy atom. The number of aliphatic carboxylic acids is 1. The molecule has 0 spiro atoms. The third-order valence-corrected chi connectivity index (χ3v) is 5.10. The highest BCUT2D eigenvalue weighted by atomic mass is 32.2. The summed E-state index contributed by atoms with van der Waals surface area (Å²) in [7, 11) is -3.96. The molecule has 2 atom stereocenters. The molecule has 23 heavy (non-hydrogen) atoms. The lowest BCUT2D eigenvalue weighted by Gasteiger charge is -2.17. The van der Waals surface area contributed by atoms with Crippen molar-refractivity contribution in [1.82, 2.24) is 4.72 Å². The predicted molar refractivity (Wildman–Crippen MR) is 83.4 cm³/mol. The third-order valence-electron chi connectivity index (χ3n) is 2.77. The number of hydrogen-bond acceptors (Lipinski definition) is 7. The molecule has 4 N–H and O–H groups in total. The number of rotatable bonds is 8. The number of carbonyl (C=O) groups excluding carboxylic acids is 1. The molecule has 0 bridgehead atoms. The van der Waals surface area contributed by atoms with E-state index in [0.717, 1.165) is 11.8 Å². The largest absolute Gasteiger partial charge is 0.480 e. The van der Waals surface area contributed by atoms with Crippen LogP contribution in [0.2, 0.25) is 0 Å². The minimum atomic E-state index is -3.96. The van der Waals surface area contributed by atoms with Crippen LogP contribution in [0.3, 0.4) is 0 Å². The molecule has 0 amide bonds. The van der Waals surface area contributed by atoms with E-state index in [9.17, 15) is 28.2 Å². The van der Waals surface area contributed by atoms with Crippen LogP contribution in [0.4, 0.5) is 0 Å². The molecule has 0 saturated carbocycles. The number of carboxylic acid groups (broad SMARTS) is 1. The summed E-state index contributed by atoms with van der Waals surface area (Å²) in [5.41, 5.74) is 0.277. The number of carbonyl (C=O) groups is 2. The van der Waals surface area contributed by atoms with Crippen LogP contribution in [-0.4, -0.2) is 53.2 Å². The Hall–Kier alpha value is -1.46. The van der Waals surface area contributed by atoms with E-state index < -0.39 is 34.7 Å². The maximum Gasteiger partial charge on any atom is 0.318 e. The third kappa shape index (κ3) is 6.28. The van der Waals surface area contributed by atoms with Gasteiger partial charge in [0.05, 0.1) is 11.0 Å². The van der Waals surface area contributed by atoms with Crippen molar-refractivity contribution in [3.8, 4) is 0 Å². The van der Waals surface area contributed by atoms with E-state index in [4.69, 9.17) is 5.11 Å². The monoisotopic (exact) mass is 363 g/mol. The number of hydrogen-bond donors (Lipinski definition) is 4. The molecule has 1 aromatic carbocycles. The summed E-state index contributed by atoms with van der Waals surface area (Å²) < 4.78 is 25.5. The number of sulfonamides is 1. The molecule has 2 unspecified atom stereocenters. The predicted octanol–water partition coefficient (Wildman–Crippen LogP) is -0.276. The molecule has 0 aliphatic heterocycles. The van der Waals surface area contributed by atoms with Crippen molar-refractivity contribution in [2.24, 2.45) is 0 Å². The smallest absolute Gasteiger partial charge is 0.318 e. The van der Waals surface area contributed by atoms with Crippen LogP contribution >= 0.6 is 11.8 Å². The lowest BCUT2D eigenvalue weighted by Crippen LogP contribution is -2.29. The van der Waals surface area contributed by atoms with E-state index in [1.165, 1.54) is 31.2 Å². The SMILES string of the molecule is CC(=O)SCC(O)C(O)c1ccc(S(=O)(=O)NCC(=O)O)cc1. The van der Waals surface area contributed by atoms with Crippen molar-refractivity contribution in [1.29, 1.82) is 0 Å². The van der Waals surface area contributed by atoms with Crippen molar-refractivity contribution in [3.05, 3.63) is 29.8 Å². The Morgan fingerprint density at radius 2 is 1.78 bits per heavy atom. The van der Waals surface area contributed by atoms with Crippen LogP contribution in [0.5, 0.6) is 0 Å². The molecule has 0 saturated heterocycles. The second kappa shape index (κ2) is 8.41. The summed E-state index contributed by atoms with van der Waals surface area (Å²) in [5, 5.41) is 28.0. The molecule has 1 rings (SSSR count). The van der Waals surface area contributed by atoms with Crippen LogP contribution in [0, 0.1) is 0 Å². The van der Waals surface area contributed by atoms with Gasteiger partial charge in [-0.1, -0.05) is 23.9 Å². The minimum Gasteiger partial charge on any atom is -0.480 e. The van der Waals surface area contributed by atoms with E-state index in [0.29, 0.717) is 0 Å². The average Bonchev–Trinajstić information content (AvgIpc) is 2.50. The van der Waals surface area contributed by atoms with Crippen LogP contribution in [0.15, 0.2) is 29.2 Å². The fourth-order valence-electron chi connectivity index (χ4n) is 1.60. The van der Waals surface area contributed by atoms with Gasteiger partial charge in [0, 0.05) is 12.7 Å². The fourth-order valence-corrected chi connectivity index (χ4v) is 3.16. The summed E-state index contributed by atoms with van der Waals surface area (Å²) in [6.07, 6.45) is -2.46. The molecule has 0 heterocycles. The van der Waals surface area contributed by atoms with Gasteiger partial charge in [-0.05, 0) is 17.7 Å². The van der Waals surface area contributed by atoms with Gasteiger partial charge in [-0.2, -0.15) is 4.72 Å². The Bertz CT molecular complexity index is 657. The number of aliphatic hydroxyl groups excluding tert-OH is 2. The lowest BCUT2D eigenvalue weighted by atomic mass is 10.1. The number of aliphatic hydroxyl groups is 2. The van der Waals surface area contributed by atoms with Crippen molar-refractivity contribution in [2.75, 3.05) is 12.3 Å². The maximum absolute atomic E-state index is 11.8. The molecule has 0 aliphatic carbocycles. The molecular formula is C13H17NO7S2. The Labute approximate surface area is 137 Å². The molecule has 0 fully saturated rings. The summed E-state index contributed by atoms with van der Waals surface area (Å²) >= 11 is 0.869. The van der Waals surface area contributed by atoms with Gasteiger partial charge in [0.25, 0.3) is 0 Å². The molecule has 0 radical (unpaired) electrons. The Balaban J connectivity index is 2.79. The molecule has 10 heteroatoms. The standard InChI is InChI=1S/C13H17NO7S2/c1-8(15)22-7-11(16)13(19)9-2-4-10(5-3-9)23(20,21)14-6-12(17)18/h2-5,11,13-14,16,19H,6-7H2,1H3,(H,17,18). The number of carboxylic acids is 1. The van der Waals surface area contributed by atoms with Gasteiger partial charge in [-0.25, -0.2) is 8.42 Å². The average molecular weight is 363 g/mol. The molecule has 128 valence electrons. The highest BCUT2D eigenvalue weighted by Gasteiger charge is 2.21. The van der Waals surface area contributed by atoms with E-state index in [-0.39, 0.29) is 21.3 Å². The number of benzene rings is 1. The van der Waals surface area contributed by atoms with Gasteiger partial charge in [0.2, 0.25) is 10.0 Å². The highest BCUT2D eigenvalue weighted by molar-refractivity contribution is 8.13. The van der Waals surface area contributed by atoms with Gasteiger partial charge >= 0.3 is 5.97 Å². The zero-order valence-electron chi connectivity index (χ0n) is 12.2. The van der Waals surface area contributed by atoms with Gasteiger partial charge in [-0.3, -0.25) is 9.59 Å². The fraction of sp³-hybridized carbons (Fsp3) is 0.385. The second-order valence-electron chi connectivity index (χ2n) is 4.60. The van der Waals surface area contributed by atoms with Gasteiger partial charge in [0.1, 0.15) is 12.6 Å². The summed E-state index contributed by atoms with van der Waals surface area (Å²) in [6.45, 7) is 0.598. The topological polar surface area (TPSA) is 141 Å². The zero-order chi connectivity index (χ0) is 17.6. The summed E-state index contributed by atoms with van der Waals surface area (Å²) in [4.78, 5) is 21.1. The van der Waals surface area contributed by atoms with Crippen molar-refractivity contribution in [2.45, 2.75) is 24.0 Å². The molecule has 8 nitrogen and oxygen atoms in total. The highest BCUT2D eigenvalue weighted by Crippen LogP contribution is 2.21. The van der Waals surface area contributed by atoms with E-state index in [1.807, 2.05) is 4.72 Å². The van der Waals surface area contributed by atoms with Crippen LogP contribution in [-0.2, 0) is 19.6 Å². The minimum absolute atomic E-state index is 0.0106. The second-order valence-corrected chi connectivity index (χ2v) is 7.57. The van der Waals surface area contributed by atoms with Crippen LogP contribution < -0.4 is 4.72 Å². The van der Waals surface area contributed by atoms with Gasteiger partial charge < -0.3 is 15.3 Å². The lowest BCUT2D eigenvalue weighted by molar-refractivity contribution is -0.135. The Morgan fingerprint density at radius 1 is 1.22 bits per heavy atom. The first-order valence-electron chi connectivity index (χ1n) is 6.44. The van der Waals surface area contributed by atoms with E-state index >= 15 is 0 Å². The first kappa shape index (κ1) is 19.6. The maximum atomic E-state index is 11.8. The van der Waals surface area contributed by atoms with E-state index in [2.05, 4.69) is 0 Å².